The van der Waals surface area contributed by atoms with E-state index in [0.29, 0.717) is 23.9 Å². The van der Waals surface area contributed by atoms with E-state index in [1.54, 1.807) is 6.92 Å². The number of carboxylic acid groups (broad SMARTS) is 1. The van der Waals surface area contributed by atoms with Gasteiger partial charge in [0.2, 0.25) is 0 Å². The molecule has 8 heteroatoms. The lowest BCUT2D eigenvalue weighted by Crippen LogP contribution is -2.24. The highest BCUT2D eigenvalue weighted by molar-refractivity contribution is 5.93. The minimum Gasteiger partial charge on any atom is -0.478 e. The summed E-state index contributed by atoms with van der Waals surface area (Å²) in [5, 5.41) is 11.6. The molecule has 0 unspecified atom stereocenters. The highest BCUT2D eigenvalue weighted by Crippen LogP contribution is 2.30. The molecule has 2 N–H and O–H groups in total. The summed E-state index contributed by atoms with van der Waals surface area (Å²) in [6, 6.07) is 1.39. The Hall–Kier alpha value is -2.61. The van der Waals surface area contributed by atoms with Crippen molar-refractivity contribution in [1.82, 2.24) is 10.3 Å². The molecule has 1 atom stereocenters. The number of nitrogens with one attached hydrogen (secondary N) is 1. The number of nitrogens with zero attached hydrogens (tertiary/aromatic N) is 1. The molecule has 8 nitrogen and oxygen atoms in total. The van der Waals surface area contributed by atoms with E-state index in [9.17, 15) is 9.59 Å². The predicted molar refractivity (Wildman–Crippen MR) is 76.0 cm³/mol. The molecule has 3 rings (SSSR count). The fourth-order valence-electron chi connectivity index (χ4n) is 2.53. The summed E-state index contributed by atoms with van der Waals surface area (Å²) in [5.74, 6) is -0.420. The van der Waals surface area contributed by atoms with Crippen molar-refractivity contribution in [2.24, 2.45) is 0 Å². The Morgan fingerprint density at radius 2 is 2.30 bits per heavy atom. The van der Waals surface area contributed by atoms with E-state index in [0.717, 1.165) is 12.8 Å². The zero-order chi connectivity index (χ0) is 16.4. The first-order valence-electron chi connectivity index (χ1n) is 7.22. The molecule has 1 saturated heterocycles. The van der Waals surface area contributed by atoms with Gasteiger partial charge in [-0.25, -0.2) is 9.78 Å². The van der Waals surface area contributed by atoms with Crippen molar-refractivity contribution >= 4 is 11.9 Å². The molecule has 1 amide bonds. The number of amides is 1. The van der Waals surface area contributed by atoms with Crippen LogP contribution in [-0.2, 0) is 11.3 Å². The number of rotatable bonds is 5. The maximum atomic E-state index is 12.2. The standard InChI is InChI=1S/C15H16N2O6/c1-8-10(15(19)20)5-9(23-8)6-16-14(18)12-13(22-7-17-12)11-3-2-4-21-11/h5,7,11H,2-4,6H2,1H3,(H,16,18)(H,19,20)/t11-/m1/s1. The Bertz CT molecular complexity index is 726. The van der Waals surface area contributed by atoms with Crippen molar-refractivity contribution in [2.75, 3.05) is 6.61 Å². The van der Waals surface area contributed by atoms with Crippen LogP contribution in [0.4, 0.5) is 0 Å². The number of aromatic carboxylic acids is 1. The fourth-order valence-corrected chi connectivity index (χ4v) is 2.53. The van der Waals surface area contributed by atoms with Crippen LogP contribution in [0.25, 0.3) is 0 Å². The van der Waals surface area contributed by atoms with Gasteiger partial charge in [-0.2, -0.15) is 0 Å². The first kappa shape index (κ1) is 15.3. The molecule has 0 spiro atoms. The van der Waals surface area contributed by atoms with E-state index < -0.39 is 11.9 Å². The average Bonchev–Trinajstić information content (AvgIpc) is 3.24. The summed E-state index contributed by atoms with van der Waals surface area (Å²) in [7, 11) is 0. The largest absolute Gasteiger partial charge is 0.478 e. The molecule has 1 fully saturated rings. The SMILES string of the molecule is Cc1oc(CNC(=O)c2ncoc2[C@H]2CCCO2)cc1C(=O)O. The van der Waals surface area contributed by atoms with Gasteiger partial charge in [0.05, 0.1) is 6.54 Å². The van der Waals surface area contributed by atoms with Crippen LogP contribution in [-0.4, -0.2) is 28.6 Å². The minimum atomic E-state index is -1.07. The van der Waals surface area contributed by atoms with E-state index in [-0.39, 0.29) is 23.9 Å². The van der Waals surface area contributed by atoms with Gasteiger partial charge < -0.3 is 24.0 Å². The van der Waals surface area contributed by atoms with E-state index in [2.05, 4.69) is 10.3 Å². The lowest BCUT2D eigenvalue weighted by Gasteiger charge is -2.07. The van der Waals surface area contributed by atoms with Crippen LogP contribution in [0.5, 0.6) is 0 Å². The van der Waals surface area contributed by atoms with E-state index >= 15 is 0 Å². The van der Waals surface area contributed by atoms with Crippen LogP contribution >= 0.6 is 0 Å². The van der Waals surface area contributed by atoms with Crippen molar-refractivity contribution in [2.45, 2.75) is 32.4 Å². The number of hydrogen-bond donors (Lipinski definition) is 2. The number of carbonyl (C=O) groups excluding carboxylic acids is 1. The second kappa shape index (κ2) is 6.25. The molecule has 1 aliphatic heterocycles. The zero-order valence-electron chi connectivity index (χ0n) is 12.5. The highest BCUT2D eigenvalue weighted by atomic mass is 16.5. The fraction of sp³-hybridized carbons (Fsp3) is 0.400. The predicted octanol–water partition coefficient (Wildman–Crippen LogP) is 2.06. The van der Waals surface area contributed by atoms with Gasteiger partial charge in [-0.1, -0.05) is 0 Å². The molecule has 3 heterocycles. The first-order chi connectivity index (χ1) is 11.1. The minimum absolute atomic E-state index is 0.0603. The second-order valence-electron chi connectivity index (χ2n) is 5.24. The van der Waals surface area contributed by atoms with Crippen LogP contribution < -0.4 is 5.32 Å². The van der Waals surface area contributed by atoms with Gasteiger partial charge >= 0.3 is 5.97 Å². The maximum Gasteiger partial charge on any atom is 0.339 e. The van der Waals surface area contributed by atoms with E-state index in [4.69, 9.17) is 18.7 Å². The molecular weight excluding hydrogens is 304 g/mol. The van der Waals surface area contributed by atoms with Gasteiger partial charge in [0.25, 0.3) is 5.91 Å². The molecule has 0 radical (unpaired) electrons. The van der Waals surface area contributed by atoms with E-state index in [1.807, 2.05) is 0 Å². The number of aryl methyl sites for hydroxylation is 1. The van der Waals surface area contributed by atoms with Crippen molar-refractivity contribution in [1.29, 1.82) is 0 Å². The van der Waals surface area contributed by atoms with Crippen molar-refractivity contribution in [3.05, 3.63) is 41.0 Å². The number of oxazole rings is 1. The van der Waals surface area contributed by atoms with Crippen LogP contribution in [0, 0.1) is 6.92 Å². The van der Waals surface area contributed by atoms with Crippen LogP contribution in [0.1, 0.15) is 57.1 Å². The molecule has 122 valence electrons. The Labute approximate surface area is 131 Å². The Morgan fingerprint density at radius 3 is 2.96 bits per heavy atom. The lowest BCUT2D eigenvalue weighted by molar-refractivity contribution is 0.0694. The molecule has 2 aromatic heterocycles. The number of ether oxygens (including phenoxy) is 1. The number of furan rings is 1. The number of hydrogen-bond acceptors (Lipinski definition) is 6. The molecule has 1 aliphatic rings. The molecule has 23 heavy (non-hydrogen) atoms. The third kappa shape index (κ3) is 3.11. The van der Waals surface area contributed by atoms with Crippen molar-refractivity contribution in [3.63, 3.8) is 0 Å². The average molecular weight is 320 g/mol. The van der Waals surface area contributed by atoms with Crippen LogP contribution in [0.2, 0.25) is 0 Å². The van der Waals surface area contributed by atoms with Crippen LogP contribution in [0.15, 0.2) is 21.3 Å². The first-order valence-corrected chi connectivity index (χ1v) is 7.22. The molecule has 0 aromatic carbocycles. The highest BCUT2D eigenvalue weighted by Gasteiger charge is 2.28. The Morgan fingerprint density at radius 1 is 1.48 bits per heavy atom. The van der Waals surface area contributed by atoms with Gasteiger partial charge in [-0.05, 0) is 25.8 Å². The number of carboxylic acids is 1. The van der Waals surface area contributed by atoms with Gasteiger partial charge in [0.1, 0.15) is 23.2 Å². The third-order valence-electron chi connectivity index (χ3n) is 3.65. The summed E-state index contributed by atoms with van der Waals surface area (Å²) >= 11 is 0. The third-order valence-corrected chi connectivity index (χ3v) is 3.65. The zero-order valence-corrected chi connectivity index (χ0v) is 12.5. The quantitative estimate of drug-likeness (QED) is 0.866. The molecule has 0 bridgehead atoms. The second-order valence-corrected chi connectivity index (χ2v) is 5.24. The summed E-state index contributed by atoms with van der Waals surface area (Å²) < 4.78 is 16.1. The molecular formula is C15H16N2O6. The molecule has 2 aromatic rings. The van der Waals surface area contributed by atoms with Gasteiger partial charge in [0, 0.05) is 6.61 Å². The van der Waals surface area contributed by atoms with Crippen LogP contribution in [0.3, 0.4) is 0 Å². The van der Waals surface area contributed by atoms with E-state index in [1.165, 1.54) is 12.5 Å². The van der Waals surface area contributed by atoms with Gasteiger partial charge in [-0.15, -0.1) is 0 Å². The number of carbonyl (C=O) groups is 2. The summed E-state index contributed by atoms with van der Waals surface area (Å²) in [6.45, 7) is 2.25. The van der Waals surface area contributed by atoms with Gasteiger partial charge in [-0.3, -0.25) is 4.79 Å². The summed E-state index contributed by atoms with van der Waals surface area (Å²) in [6.07, 6.45) is 2.67. The normalized spacial score (nSPS) is 17.3. The topological polar surface area (TPSA) is 115 Å². The van der Waals surface area contributed by atoms with Crippen molar-refractivity contribution in [3.8, 4) is 0 Å². The molecule has 0 aliphatic carbocycles. The number of aromatic nitrogens is 1. The van der Waals surface area contributed by atoms with Crippen molar-refractivity contribution < 1.29 is 28.3 Å². The Balaban J connectivity index is 1.67. The summed E-state index contributed by atoms with van der Waals surface area (Å²) in [4.78, 5) is 27.1. The monoisotopic (exact) mass is 320 g/mol. The summed E-state index contributed by atoms with van der Waals surface area (Å²) in [5.41, 5.74) is 0.259. The smallest absolute Gasteiger partial charge is 0.339 e. The Kier molecular flexibility index (Phi) is 4.16. The lowest BCUT2D eigenvalue weighted by atomic mass is 10.1. The molecule has 0 saturated carbocycles. The van der Waals surface area contributed by atoms with Gasteiger partial charge in [0.15, 0.2) is 17.8 Å². The maximum absolute atomic E-state index is 12.2.